The number of hydrogen-bond donors (Lipinski definition) is 2. The molecule has 1 aliphatic rings. The Morgan fingerprint density at radius 3 is 2.62 bits per heavy atom. The van der Waals surface area contributed by atoms with E-state index in [1.165, 1.54) is 5.56 Å². The SMILES string of the molecule is N=[C-]C#CC#CCO.[CH2-]N1CCC(c2ccccc2)(c2nnn(C)n2)C(C)C1.[W]. The van der Waals surface area contributed by atoms with Gasteiger partial charge in [0.2, 0.25) is 0 Å². The van der Waals surface area contributed by atoms with Gasteiger partial charge in [-0.05, 0) is 36.2 Å². The van der Waals surface area contributed by atoms with Gasteiger partial charge in [-0.15, -0.1) is 22.3 Å². The van der Waals surface area contributed by atoms with E-state index in [1.54, 1.807) is 4.80 Å². The first-order valence-electron chi connectivity index (χ1n) is 8.90. The van der Waals surface area contributed by atoms with Gasteiger partial charge in [-0.3, -0.25) is 13.0 Å². The van der Waals surface area contributed by atoms with Crippen LogP contribution in [0.4, 0.5) is 0 Å². The van der Waals surface area contributed by atoms with Crippen LogP contribution in [0.2, 0.25) is 0 Å². The number of likely N-dealkylation sites (tertiary alicyclic amines) is 1. The van der Waals surface area contributed by atoms with Crippen molar-refractivity contribution in [3.05, 3.63) is 48.8 Å². The monoisotopic (exact) mass is 560 g/mol. The molecule has 0 aliphatic carbocycles. The summed E-state index contributed by atoms with van der Waals surface area (Å²) in [5.74, 6) is 10.2. The quantitative estimate of drug-likeness (QED) is 0.327. The second kappa shape index (κ2) is 12.3. The average Bonchev–Trinajstić information content (AvgIpc) is 3.14. The van der Waals surface area contributed by atoms with Gasteiger partial charge >= 0.3 is 0 Å². The van der Waals surface area contributed by atoms with Crippen molar-refractivity contribution in [2.45, 2.75) is 18.8 Å². The van der Waals surface area contributed by atoms with Crippen LogP contribution >= 0.6 is 0 Å². The van der Waals surface area contributed by atoms with Crippen molar-refractivity contribution in [1.82, 2.24) is 25.1 Å². The molecule has 152 valence electrons. The number of tetrazole rings is 1. The smallest absolute Gasteiger partial charge is 0.185 e. The van der Waals surface area contributed by atoms with Gasteiger partial charge in [0.25, 0.3) is 0 Å². The Hall–Kier alpha value is -2.31. The molecule has 2 N–H and O–H groups in total. The summed E-state index contributed by atoms with van der Waals surface area (Å²) in [6.07, 6.45) is 2.80. The first-order chi connectivity index (χ1) is 13.5. The molecule has 2 unspecified atom stereocenters. The maximum Gasteiger partial charge on any atom is 0.185 e. The molecular weight excluding hydrogens is 536 g/mol. The van der Waals surface area contributed by atoms with Gasteiger partial charge in [-0.1, -0.05) is 43.2 Å². The summed E-state index contributed by atoms with van der Waals surface area (Å²) in [6, 6.07) is 10.5. The van der Waals surface area contributed by atoms with Crippen LogP contribution in [0.1, 0.15) is 24.7 Å². The van der Waals surface area contributed by atoms with E-state index in [1.807, 2.05) is 19.3 Å². The van der Waals surface area contributed by atoms with E-state index in [2.05, 4.69) is 82.2 Å². The van der Waals surface area contributed by atoms with E-state index < -0.39 is 0 Å². The van der Waals surface area contributed by atoms with Crippen molar-refractivity contribution >= 4 is 6.21 Å². The average molecular weight is 560 g/mol. The van der Waals surface area contributed by atoms with E-state index in [0.29, 0.717) is 5.92 Å². The topological polar surface area (TPSA) is 90.9 Å². The molecule has 0 radical (unpaired) electrons. The number of nitrogens with one attached hydrogen (secondary N) is 1. The van der Waals surface area contributed by atoms with Crippen molar-refractivity contribution in [2.24, 2.45) is 13.0 Å². The van der Waals surface area contributed by atoms with Gasteiger partial charge in [-0.25, -0.2) is 5.92 Å². The van der Waals surface area contributed by atoms with Crippen molar-refractivity contribution in [1.29, 1.82) is 5.41 Å². The summed E-state index contributed by atoms with van der Waals surface area (Å²) in [4.78, 5) is 3.67. The minimum Gasteiger partial charge on any atom is -0.459 e. The minimum absolute atomic E-state index is 0. The van der Waals surface area contributed by atoms with Crippen LogP contribution in [0.5, 0.6) is 0 Å². The molecule has 1 aliphatic heterocycles. The largest absolute Gasteiger partial charge is 0.459 e. The molecule has 3 rings (SSSR count). The molecule has 0 spiro atoms. The molecule has 1 saturated heterocycles. The fraction of sp³-hybridized carbons (Fsp3) is 0.381. The van der Waals surface area contributed by atoms with Crippen molar-refractivity contribution in [3.63, 3.8) is 0 Å². The minimum atomic E-state index is -0.188. The van der Waals surface area contributed by atoms with Crippen LogP contribution in [0.25, 0.3) is 0 Å². The summed E-state index contributed by atoms with van der Waals surface area (Å²) in [6.45, 7) is 3.94. The predicted octanol–water partition coefficient (Wildman–Crippen LogP) is 1.14. The number of rotatable bonds is 2. The molecule has 2 aromatic rings. The summed E-state index contributed by atoms with van der Waals surface area (Å²) in [5, 5.41) is 27.2. The fourth-order valence-electron chi connectivity index (χ4n) is 3.45. The van der Waals surface area contributed by atoms with Crippen LogP contribution in [0, 0.1) is 42.1 Å². The van der Waals surface area contributed by atoms with Crippen LogP contribution in [0.15, 0.2) is 30.3 Å². The van der Waals surface area contributed by atoms with E-state index in [9.17, 15) is 0 Å². The Bertz CT molecular complexity index is 892. The number of aliphatic hydroxyl groups excluding tert-OH is 1. The van der Waals surface area contributed by atoms with Gasteiger partial charge in [-0.2, -0.15) is 4.80 Å². The van der Waals surface area contributed by atoms with Gasteiger partial charge in [0, 0.05) is 21.1 Å². The normalized spacial score (nSPS) is 20.5. The second-order valence-electron chi connectivity index (χ2n) is 6.50. The second-order valence-corrected chi connectivity index (χ2v) is 6.50. The number of aryl methyl sites for hydroxylation is 1. The van der Waals surface area contributed by atoms with Crippen molar-refractivity contribution in [2.75, 3.05) is 19.7 Å². The third kappa shape index (κ3) is 6.34. The third-order valence-corrected chi connectivity index (χ3v) is 4.75. The van der Waals surface area contributed by atoms with Gasteiger partial charge in [0.1, 0.15) is 6.61 Å². The Kier molecular flexibility index (Phi) is 10.5. The molecule has 2 heterocycles. The maximum absolute atomic E-state index is 8.06. The molecule has 7 nitrogen and oxygen atoms in total. The van der Waals surface area contributed by atoms with Crippen LogP contribution in [-0.4, -0.2) is 56.1 Å². The molecule has 1 fully saturated rings. The summed E-state index contributed by atoms with van der Waals surface area (Å²) < 4.78 is 0. The van der Waals surface area contributed by atoms with Crippen LogP contribution in [-0.2, 0) is 33.5 Å². The Morgan fingerprint density at radius 1 is 1.34 bits per heavy atom. The summed E-state index contributed by atoms with van der Waals surface area (Å²) in [7, 11) is 5.89. The Morgan fingerprint density at radius 2 is 2.07 bits per heavy atom. The molecule has 0 saturated carbocycles. The van der Waals surface area contributed by atoms with Crippen LogP contribution in [0.3, 0.4) is 0 Å². The van der Waals surface area contributed by atoms with Crippen molar-refractivity contribution < 1.29 is 26.2 Å². The number of benzene rings is 1. The molecular formula is C21H24N6OW-2. The number of nitrogens with zero attached hydrogens (tertiary/aromatic N) is 5. The molecule has 0 bridgehead atoms. The van der Waals surface area contributed by atoms with Gasteiger partial charge < -0.3 is 15.4 Å². The molecule has 0 amide bonds. The number of aromatic nitrogens is 4. The van der Waals surface area contributed by atoms with E-state index in [-0.39, 0.29) is 33.1 Å². The fourth-order valence-corrected chi connectivity index (χ4v) is 3.45. The maximum atomic E-state index is 8.06. The standard InChI is InChI=1S/C15H20N5.C6H4NO.W/c1-12-11-19(2)10-9-15(12,13-7-5-4-6-8-13)14-16-18-20(3)17-14;7-5-3-1-2-4-6-8;/h4-8,12H,2,9-11H2,1,3H3;7-8H,6H2;/q2*-1;. The van der Waals surface area contributed by atoms with E-state index >= 15 is 0 Å². The number of piperidine rings is 1. The first kappa shape index (κ1) is 24.7. The zero-order valence-corrected chi connectivity index (χ0v) is 19.5. The third-order valence-electron chi connectivity index (χ3n) is 4.75. The van der Waals surface area contributed by atoms with Gasteiger partial charge in [0.15, 0.2) is 5.82 Å². The molecule has 29 heavy (non-hydrogen) atoms. The summed E-state index contributed by atoms with van der Waals surface area (Å²) >= 11 is 0. The Labute approximate surface area is 186 Å². The number of aliphatic hydroxyl groups is 1. The van der Waals surface area contributed by atoms with E-state index in [0.717, 1.165) is 25.3 Å². The van der Waals surface area contributed by atoms with E-state index in [4.69, 9.17) is 10.5 Å². The zero-order chi connectivity index (χ0) is 20.4. The number of hydrogen-bond acceptors (Lipinski definition) is 6. The molecule has 1 aromatic heterocycles. The first-order valence-corrected chi connectivity index (χ1v) is 8.90. The Balaban J connectivity index is 0.000000403. The zero-order valence-electron chi connectivity index (χ0n) is 16.6. The van der Waals surface area contributed by atoms with Crippen molar-refractivity contribution in [3.8, 4) is 23.7 Å². The molecule has 8 heteroatoms. The molecule has 2 atom stereocenters. The van der Waals surface area contributed by atoms with Gasteiger partial charge in [0.05, 0.1) is 12.5 Å². The van der Waals surface area contributed by atoms with Crippen LogP contribution < -0.4 is 0 Å². The molecule has 1 aromatic carbocycles. The predicted molar refractivity (Wildman–Crippen MR) is 107 cm³/mol. The summed E-state index contributed by atoms with van der Waals surface area (Å²) in [5.41, 5.74) is 1.11.